The number of carbonyl (C=O) groups excluding carboxylic acids is 1. The van der Waals surface area contributed by atoms with Gasteiger partial charge in [-0.1, -0.05) is 28.1 Å². The molecule has 1 aromatic heterocycles. The summed E-state index contributed by atoms with van der Waals surface area (Å²) in [6.45, 7) is 1.01. The largest absolute Gasteiger partial charge is 0.394 e. The van der Waals surface area contributed by atoms with Crippen molar-refractivity contribution in [3.8, 4) is 11.3 Å². The minimum Gasteiger partial charge on any atom is -0.394 e. The van der Waals surface area contributed by atoms with E-state index in [2.05, 4.69) is 21.2 Å². The zero-order chi connectivity index (χ0) is 27.6. The number of carbonyl (C=O) groups is 1. The van der Waals surface area contributed by atoms with Gasteiger partial charge in [0, 0.05) is 23.1 Å². The Morgan fingerprint density at radius 3 is 2.49 bits per heavy atom. The molecule has 0 saturated carbocycles. The third-order valence-electron chi connectivity index (χ3n) is 7.12. The van der Waals surface area contributed by atoms with E-state index in [1.54, 1.807) is 6.07 Å². The van der Waals surface area contributed by atoms with Crippen LogP contribution in [0, 0.1) is 5.82 Å². The predicted octanol–water partition coefficient (Wildman–Crippen LogP) is 3.48. The number of aromatic nitrogens is 2. The fourth-order valence-electron chi connectivity index (χ4n) is 5.09. The van der Waals surface area contributed by atoms with Gasteiger partial charge in [0.05, 0.1) is 35.5 Å². The molecule has 0 unspecified atom stereocenters. The number of sulfonamides is 1. The molecule has 39 heavy (non-hydrogen) atoms. The van der Waals surface area contributed by atoms with Gasteiger partial charge >= 0.3 is 0 Å². The number of hydrogen-bond donors (Lipinski definition) is 2. The molecule has 2 aliphatic heterocycles. The van der Waals surface area contributed by atoms with Crippen molar-refractivity contribution < 1.29 is 22.7 Å². The van der Waals surface area contributed by atoms with Crippen LogP contribution in [-0.4, -0.2) is 65.5 Å². The first-order chi connectivity index (χ1) is 18.8. The molecule has 2 fully saturated rings. The van der Waals surface area contributed by atoms with Gasteiger partial charge in [0.25, 0.3) is 0 Å². The molecule has 0 spiro atoms. The first-order valence-corrected chi connectivity index (χ1v) is 15.1. The Hall–Kier alpha value is -2.93. The molecule has 0 aliphatic carbocycles. The van der Waals surface area contributed by atoms with Crippen molar-refractivity contribution in [3.63, 3.8) is 0 Å². The van der Waals surface area contributed by atoms with Crippen molar-refractivity contribution >= 4 is 37.8 Å². The zero-order valence-electron chi connectivity index (χ0n) is 21.1. The number of aliphatic hydroxyl groups excluding tert-OH is 1. The molecule has 206 valence electrons. The van der Waals surface area contributed by atoms with Crippen LogP contribution in [0.4, 0.5) is 10.3 Å². The van der Waals surface area contributed by atoms with Crippen LogP contribution in [0.15, 0.2) is 64.0 Å². The first kappa shape index (κ1) is 27.6. The lowest BCUT2D eigenvalue weighted by molar-refractivity contribution is -0.124. The average Bonchev–Trinajstić information content (AvgIpc) is 3.63. The summed E-state index contributed by atoms with van der Waals surface area (Å²) in [5.41, 5.74) is 2.13. The van der Waals surface area contributed by atoms with E-state index in [1.165, 1.54) is 16.4 Å². The van der Waals surface area contributed by atoms with Crippen molar-refractivity contribution in [3.05, 3.63) is 70.6 Å². The Kier molecular flexibility index (Phi) is 8.27. The monoisotopic (exact) mass is 617 g/mol. The second-order valence-corrected chi connectivity index (χ2v) is 12.5. The van der Waals surface area contributed by atoms with Crippen LogP contribution in [0.2, 0.25) is 0 Å². The van der Waals surface area contributed by atoms with Crippen LogP contribution in [0.5, 0.6) is 0 Å². The van der Waals surface area contributed by atoms with Crippen LogP contribution >= 0.6 is 15.9 Å². The minimum atomic E-state index is -3.96. The molecule has 2 aromatic carbocycles. The van der Waals surface area contributed by atoms with Gasteiger partial charge in [-0.2, -0.15) is 4.31 Å². The van der Waals surface area contributed by atoms with Crippen molar-refractivity contribution in [1.29, 1.82) is 0 Å². The van der Waals surface area contributed by atoms with E-state index in [0.29, 0.717) is 30.2 Å². The molecule has 0 bridgehead atoms. The Morgan fingerprint density at radius 1 is 1.05 bits per heavy atom. The van der Waals surface area contributed by atoms with Crippen LogP contribution in [0.1, 0.15) is 31.4 Å². The number of hydrogen-bond acceptors (Lipinski definition) is 7. The fraction of sp³-hybridized carbons (Fsp3) is 0.370. The smallest absolute Gasteiger partial charge is 0.243 e. The lowest BCUT2D eigenvalue weighted by Crippen LogP contribution is -2.45. The third kappa shape index (κ3) is 5.98. The van der Waals surface area contributed by atoms with Crippen LogP contribution in [-0.2, 0) is 21.4 Å². The number of benzene rings is 2. The highest BCUT2D eigenvalue weighted by Crippen LogP contribution is 2.28. The maximum atomic E-state index is 13.3. The number of rotatable bonds is 8. The third-order valence-corrected chi connectivity index (χ3v) is 9.57. The maximum absolute atomic E-state index is 13.3. The Morgan fingerprint density at radius 2 is 1.77 bits per heavy atom. The number of nitrogens with one attached hydrogen (secondary N) is 1. The summed E-state index contributed by atoms with van der Waals surface area (Å²) in [7, 11) is -3.96. The maximum Gasteiger partial charge on any atom is 0.243 e. The standard InChI is InChI=1S/C27H29BrFN5O4S/c28-19-7-5-18(6-8-19)24-15-21(31-27(32-24)33-13-1-3-22(33)17-35)16-30-26(36)25-4-2-14-34(25)39(37,38)23-11-9-20(29)10-12-23/h5-12,15,22,25,35H,1-4,13-14,16-17H2,(H,30,36)/t22-,25-/m0/s1. The molecule has 3 aromatic rings. The van der Waals surface area contributed by atoms with Crippen LogP contribution in [0.25, 0.3) is 11.3 Å². The number of amides is 1. The molecule has 3 heterocycles. The van der Waals surface area contributed by atoms with E-state index in [1.807, 2.05) is 29.2 Å². The van der Waals surface area contributed by atoms with Gasteiger partial charge in [-0.25, -0.2) is 22.8 Å². The van der Waals surface area contributed by atoms with Crippen LogP contribution in [0.3, 0.4) is 0 Å². The molecular weight excluding hydrogens is 589 g/mol. The minimum absolute atomic E-state index is 0.00200. The molecule has 2 N–H and O–H groups in total. The summed E-state index contributed by atoms with van der Waals surface area (Å²) in [4.78, 5) is 24.6. The van der Waals surface area contributed by atoms with Gasteiger partial charge < -0.3 is 15.3 Å². The van der Waals surface area contributed by atoms with E-state index >= 15 is 0 Å². The Balaban J connectivity index is 1.37. The summed E-state index contributed by atoms with van der Waals surface area (Å²) in [5, 5.41) is 12.7. The van der Waals surface area contributed by atoms with E-state index in [4.69, 9.17) is 9.97 Å². The van der Waals surface area contributed by atoms with E-state index in [-0.39, 0.29) is 30.6 Å². The quantitative estimate of drug-likeness (QED) is 0.397. The highest BCUT2D eigenvalue weighted by Gasteiger charge is 2.39. The van der Waals surface area contributed by atoms with Crippen molar-refractivity contribution in [1.82, 2.24) is 19.6 Å². The predicted molar refractivity (Wildman–Crippen MR) is 148 cm³/mol. The second-order valence-electron chi connectivity index (χ2n) is 9.67. The van der Waals surface area contributed by atoms with Crippen molar-refractivity contribution in [2.45, 2.75) is 49.2 Å². The lowest BCUT2D eigenvalue weighted by Gasteiger charge is -2.25. The SMILES string of the molecule is O=C(NCc1cc(-c2ccc(Br)cc2)nc(N2CCC[C@H]2CO)n1)[C@@H]1CCCN1S(=O)(=O)c1ccc(F)cc1. The summed E-state index contributed by atoms with van der Waals surface area (Å²) in [5.74, 6) is -0.467. The van der Waals surface area contributed by atoms with E-state index in [0.717, 1.165) is 41.6 Å². The molecule has 12 heteroatoms. The zero-order valence-corrected chi connectivity index (χ0v) is 23.5. The number of halogens is 2. The number of aliphatic hydroxyl groups is 1. The van der Waals surface area contributed by atoms with Gasteiger partial charge in [0.2, 0.25) is 21.9 Å². The van der Waals surface area contributed by atoms with Crippen molar-refractivity contribution in [2.75, 3.05) is 24.6 Å². The molecule has 2 saturated heterocycles. The molecule has 2 aliphatic rings. The molecule has 9 nitrogen and oxygen atoms in total. The van der Waals surface area contributed by atoms with Gasteiger partial charge in [0.15, 0.2) is 0 Å². The summed E-state index contributed by atoms with van der Waals surface area (Å²) >= 11 is 3.45. The molecule has 1 amide bonds. The Labute approximate surface area is 235 Å². The van der Waals surface area contributed by atoms with E-state index < -0.39 is 27.8 Å². The lowest BCUT2D eigenvalue weighted by atomic mass is 10.1. The van der Waals surface area contributed by atoms with Crippen molar-refractivity contribution in [2.24, 2.45) is 0 Å². The number of anilines is 1. The summed E-state index contributed by atoms with van der Waals surface area (Å²) in [6, 6.07) is 13.2. The molecule has 5 rings (SSSR count). The average molecular weight is 619 g/mol. The van der Waals surface area contributed by atoms with Gasteiger partial charge in [-0.05, 0) is 68.1 Å². The van der Waals surface area contributed by atoms with Gasteiger partial charge in [0.1, 0.15) is 11.9 Å². The molecule has 0 radical (unpaired) electrons. The highest BCUT2D eigenvalue weighted by molar-refractivity contribution is 9.10. The number of nitrogens with zero attached hydrogens (tertiary/aromatic N) is 4. The summed E-state index contributed by atoms with van der Waals surface area (Å²) < 4.78 is 41.8. The summed E-state index contributed by atoms with van der Waals surface area (Å²) in [6.07, 6.45) is 2.69. The first-order valence-electron chi connectivity index (χ1n) is 12.8. The normalized spacial score (nSPS) is 19.9. The van der Waals surface area contributed by atoms with E-state index in [9.17, 15) is 22.7 Å². The Bertz CT molecular complexity index is 1440. The van der Waals surface area contributed by atoms with Crippen LogP contribution < -0.4 is 10.2 Å². The highest BCUT2D eigenvalue weighted by atomic mass is 79.9. The fourth-order valence-corrected chi connectivity index (χ4v) is 7.01. The molecular formula is C27H29BrFN5O4S. The second kappa shape index (κ2) is 11.7. The molecule has 2 atom stereocenters. The van der Waals surface area contributed by atoms with Gasteiger partial charge in [-0.3, -0.25) is 4.79 Å². The van der Waals surface area contributed by atoms with Gasteiger partial charge in [-0.15, -0.1) is 0 Å². The topological polar surface area (TPSA) is 116 Å².